The highest BCUT2D eigenvalue weighted by molar-refractivity contribution is 5.28. The second-order valence-corrected chi connectivity index (χ2v) is 6.37. The second kappa shape index (κ2) is 7.25. The third kappa shape index (κ3) is 4.19. The van der Waals surface area contributed by atoms with Crippen molar-refractivity contribution in [2.24, 2.45) is 5.73 Å². The minimum atomic E-state index is 0.0275. The summed E-state index contributed by atoms with van der Waals surface area (Å²) in [5.41, 5.74) is 7.50. The zero-order chi connectivity index (χ0) is 15.3. The Morgan fingerprint density at radius 1 is 1.14 bits per heavy atom. The van der Waals surface area contributed by atoms with Crippen molar-refractivity contribution in [1.82, 2.24) is 9.80 Å². The van der Waals surface area contributed by atoms with Crippen molar-refractivity contribution in [2.75, 3.05) is 46.9 Å². The van der Waals surface area contributed by atoms with Crippen LogP contribution >= 0.6 is 0 Å². The highest BCUT2D eigenvalue weighted by atomic mass is 16.5. The summed E-state index contributed by atoms with van der Waals surface area (Å²) in [7, 11) is 3.90. The molecule has 1 aromatic carbocycles. The Hall–Kier alpha value is -1.10. The normalized spacial score (nSPS) is 20.8. The molecular weight excluding hydrogens is 262 g/mol. The largest absolute Gasteiger partial charge is 0.497 e. The van der Waals surface area contributed by atoms with Crippen LogP contribution in [0.2, 0.25) is 0 Å². The predicted molar refractivity (Wildman–Crippen MR) is 87.8 cm³/mol. The van der Waals surface area contributed by atoms with E-state index in [1.54, 1.807) is 7.11 Å². The summed E-state index contributed by atoms with van der Waals surface area (Å²) in [5.74, 6) is 0.907. The summed E-state index contributed by atoms with van der Waals surface area (Å²) < 4.78 is 5.23. The molecule has 1 aromatic rings. The van der Waals surface area contributed by atoms with Crippen molar-refractivity contribution in [3.05, 3.63) is 29.8 Å². The van der Waals surface area contributed by atoms with Crippen molar-refractivity contribution in [1.29, 1.82) is 0 Å². The predicted octanol–water partition coefficient (Wildman–Crippen LogP) is 1.59. The minimum absolute atomic E-state index is 0.0275. The fourth-order valence-corrected chi connectivity index (χ4v) is 3.08. The summed E-state index contributed by atoms with van der Waals surface area (Å²) in [5, 5.41) is 0. The van der Waals surface area contributed by atoms with Gasteiger partial charge in [0.05, 0.1) is 7.11 Å². The Kier molecular flexibility index (Phi) is 5.62. The highest BCUT2D eigenvalue weighted by Crippen LogP contribution is 2.23. The Morgan fingerprint density at radius 2 is 1.86 bits per heavy atom. The maximum absolute atomic E-state index is 6.15. The summed E-state index contributed by atoms with van der Waals surface area (Å²) in [6.07, 6.45) is 2.20. The van der Waals surface area contributed by atoms with Crippen LogP contribution in [0.3, 0.4) is 0 Å². The van der Waals surface area contributed by atoms with Gasteiger partial charge < -0.3 is 15.4 Å². The molecule has 0 amide bonds. The van der Waals surface area contributed by atoms with Crippen molar-refractivity contribution in [3.8, 4) is 5.75 Å². The van der Waals surface area contributed by atoms with Gasteiger partial charge in [-0.1, -0.05) is 12.1 Å². The van der Waals surface area contributed by atoms with Gasteiger partial charge in [0.2, 0.25) is 0 Å². The second-order valence-electron chi connectivity index (χ2n) is 6.37. The van der Waals surface area contributed by atoms with Gasteiger partial charge in [-0.25, -0.2) is 0 Å². The van der Waals surface area contributed by atoms with Crippen LogP contribution in [0, 0.1) is 0 Å². The first-order valence-corrected chi connectivity index (χ1v) is 7.84. The van der Waals surface area contributed by atoms with Crippen molar-refractivity contribution >= 4 is 0 Å². The fourth-order valence-electron chi connectivity index (χ4n) is 3.08. The molecule has 118 valence electrons. The van der Waals surface area contributed by atoms with Crippen LogP contribution in [-0.2, 0) is 6.42 Å². The van der Waals surface area contributed by atoms with E-state index in [9.17, 15) is 0 Å². The molecule has 1 heterocycles. The summed E-state index contributed by atoms with van der Waals surface area (Å²) >= 11 is 0. The zero-order valence-electron chi connectivity index (χ0n) is 13.6. The van der Waals surface area contributed by atoms with Crippen molar-refractivity contribution in [3.63, 3.8) is 0 Å². The highest BCUT2D eigenvalue weighted by Gasteiger charge is 2.31. The quantitative estimate of drug-likeness (QED) is 0.894. The molecule has 0 spiro atoms. The first-order valence-electron chi connectivity index (χ1n) is 7.84. The smallest absolute Gasteiger partial charge is 0.118 e. The van der Waals surface area contributed by atoms with E-state index < -0.39 is 0 Å². The van der Waals surface area contributed by atoms with Gasteiger partial charge in [-0.05, 0) is 51.1 Å². The summed E-state index contributed by atoms with van der Waals surface area (Å²) in [6.45, 7) is 7.51. The lowest BCUT2D eigenvalue weighted by atomic mass is 9.90. The van der Waals surface area contributed by atoms with Crippen LogP contribution in [-0.4, -0.2) is 62.2 Å². The fraction of sp³-hybridized carbons (Fsp3) is 0.647. The van der Waals surface area contributed by atoms with Gasteiger partial charge in [0.25, 0.3) is 0 Å². The third-order valence-electron chi connectivity index (χ3n) is 4.67. The number of nitrogens with two attached hydrogens (primary N) is 1. The molecule has 1 aliphatic rings. The van der Waals surface area contributed by atoms with Gasteiger partial charge in [0, 0.05) is 31.7 Å². The van der Waals surface area contributed by atoms with E-state index >= 15 is 0 Å². The maximum Gasteiger partial charge on any atom is 0.118 e. The molecule has 1 saturated heterocycles. The molecule has 1 unspecified atom stereocenters. The molecule has 2 N–H and O–H groups in total. The first kappa shape index (κ1) is 16.3. The molecule has 21 heavy (non-hydrogen) atoms. The Bertz CT molecular complexity index is 434. The van der Waals surface area contributed by atoms with E-state index in [1.165, 1.54) is 18.5 Å². The van der Waals surface area contributed by atoms with Gasteiger partial charge in [-0.2, -0.15) is 0 Å². The van der Waals surface area contributed by atoms with Gasteiger partial charge in [-0.3, -0.25) is 4.90 Å². The number of nitrogens with zero attached hydrogens (tertiary/aromatic N) is 2. The van der Waals surface area contributed by atoms with Crippen molar-refractivity contribution < 1.29 is 4.74 Å². The maximum atomic E-state index is 6.15. The molecule has 0 aromatic heterocycles. The number of hydrogen-bond donors (Lipinski definition) is 1. The van der Waals surface area contributed by atoms with E-state index in [0.717, 1.165) is 31.8 Å². The molecule has 4 heteroatoms. The molecule has 0 saturated carbocycles. The monoisotopic (exact) mass is 291 g/mol. The Labute approximate surface area is 128 Å². The van der Waals surface area contributed by atoms with Crippen LogP contribution in [0.15, 0.2) is 24.3 Å². The Morgan fingerprint density at radius 3 is 2.48 bits per heavy atom. The SMILES string of the molecule is COc1ccc(CC(C)(CN)N2CCCN(C)CC2)cc1. The number of hydrogen-bond acceptors (Lipinski definition) is 4. The van der Waals surface area contributed by atoms with E-state index in [2.05, 4.69) is 35.9 Å². The molecule has 1 atom stereocenters. The van der Waals surface area contributed by atoms with Gasteiger partial charge in [0.1, 0.15) is 5.75 Å². The molecular formula is C17H29N3O. The average Bonchev–Trinajstić information content (AvgIpc) is 2.73. The minimum Gasteiger partial charge on any atom is -0.497 e. The Balaban J connectivity index is 2.08. The molecule has 2 rings (SSSR count). The summed E-state index contributed by atoms with van der Waals surface area (Å²) in [6, 6.07) is 8.36. The first-order chi connectivity index (χ1) is 10.1. The van der Waals surface area contributed by atoms with E-state index in [1.807, 2.05) is 12.1 Å². The standard InChI is InChI=1S/C17H29N3O/c1-17(14-18,20-10-4-9-19(2)11-12-20)13-15-5-7-16(21-3)8-6-15/h5-8H,4,9-14,18H2,1-3H3. The topological polar surface area (TPSA) is 41.7 Å². The summed E-state index contributed by atoms with van der Waals surface area (Å²) in [4.78, 5) is 4.98. The number of methoxy groups -OCH3 is 1. The zero-order valence-corrected chi connectivity index (χ0v) is 13.6. The molecule has 1 fully saturated rings. The number of likely N-dealkylation sites (N-methyl/N-ethyl adjacent to an activating group) is 1. The van der Waals surface area contributed by atoms with E-state index in [0.29, 0.717) is 6.54 Å². The van der Waals surface area contributed by atoms with Crippen LogP contribution < -0.4 is 10.5 Å². The van der Waals surface area contributed by atoms with Crippen LogP contribution in [0.25, 0.3) is 0 Å². The van der Waals surface area contributed by atoms with Crippen LogP contribution in [0.1, 0.15) is 18.9 Å². The lowest BCUT2D eigenvalue weighted by Gasteiger charge is -2.40. The van der Waals surface area contributed by atoms with Gasteiger partial charge in [0.15, 0.2) is 0 Å². The number of rotatable bonds is 5. The molecule has 4 nitrogen and oxygen atoms in total. The third-order valence-corrected chi connectivity index (χ3v) is 4.67. The average molecular weight is 291 g/mol. The van der Waals surface area contributed by atoms with E-state index in [4.69, 9.17) is 10.5 Å². The molecule has 1 aliphatic heterocycles. The lowest BCUT2D eigenvalue weighted by Crippen LogP contribution is -2.54. The molecule has 0 radical (unpaired) electrons. The van der Waals surface area contributed by atoms with Crippen LogP contribution in [0.5, 0.6) is 5.75 Å². The number of benzene rings is 1. The van der Waals surface area contributed by atoms with Gasteiger partial charge in [-0.15, -0.1) is 0 Å². The number of ether oxygens (including phenoxy) is 1. The van der Waals surface area contributed by atoms with E-state index in [-0.39, 0.29) is 5.54 Å². The molecule has 0 bridgehead atoms. The lowest BCUT2D eigenvalue weighted by molar-refractivity contribution is 0.115. The van der Waals surface area contributed by atoms with Crippen molar-refractivity contribution in [2.45, 2.75) is 25.3 Å². The molecule has 0 aliphatic carbocycles. The van der Waals surface area contributed by atoms with Gasteiger partial charge >= 0.3 is 0 Å². The van der Waals surface area contributed by atoms with Crippen LogP contribution in [0.4, 0.5) is 0 Å².